The minimum atomic E-state index is -3.27. The van der Waals surface area contributed by atoms with Crippen LogP contribution in [0.3, 0.4) is 0 Å². The van der Waals surface area contributed by atoms with E-state index in [1.54, 1.807) is 12.1 Å². The summed E-state index contributed by atoms with van der Waals surface area (Å²) in [6.45, 7) is 2.73. The van der Waals surface area contributed by atoms with E-state index < -0.39 is 39.0 Å². The van der Waals surface area contributed by atoms with Crippen LogP contribution in [-0.2, 0) is 30.6 Å². The molecule has 0 fully saturated rings. The second kappa shape index (κ2) is 10.5. The van der Waals surface area contributed by atoms with Gasteiger partial charge in [0.25, 0.3) is 5.91 Å². The molecule has 10 heteroatoms. The predicted octanol–water partition coefficient (Wildman–Crippen LogP) is -0.796. The smallest absolute Gasteiger partial charge is 0.287 e. The van der Waals surface area contributed by atoms with E-state index in [0.717, 1.165) is 11.8 Å². The summed E-state index contributed by atoms with van der Waals surface area (Å²) in [7, 11) is -3.27. The number of hydrogen-bond donors (Lipinski definition) is 4. The molecule has 0 spiro atoms. The second-order valence-electron chi connectivity index (χ2n) is 7.44. The molecule has 0 aliphatic heterocycles. The van der Waals surface area contributed by atoms with Gasteiger partial charge in [0.05, 0.1) is 11.5 Å². The van der Waals surface area contributed by atoms with Crippen LogP contribution in [0, 0.1) is 5.41 Å². The van der Waals surface area contributed by atoms with Gasteiger partial charge in [-0.3, -0.25) is 14.4 Å². The van der Waals surface area contributed by atoms with Crippen LogP contribution in [0.5, 0.6) is 0 Å². The summed E-state index contributed by atoms with van der Waals surface area (Å²) in [5, 5.41) is 23.8. The highest BCUT2D eigenvalue weighted by Gasteiger charge is 2.32. The molecular formula is C19H28N2O7S. The highest BCUT2D eigenvalue weighted by Crippen LogP contribution is 2.19. The molecule has 0 aliphatic rings. The molecule has 1 rings (SSSR count). The van der Waals surface area contributed by atoms with Crippen LogP contribution in [-0.4, -0.2) is 68.3 Å². The molecule has 1 aromatic carbocycles. The van der Waals surface area contributed by atoms with Crippen LogP contribution in [0.4, 0.5) is 0 Å². The van der Waals surface area contributed by atoms with Gasteiger partial charge in [-0.15, -0.1) is 0 Å². The molecule has 1 atom stereocenters. The molecule has 1 aromatic rings. The first-order chi connectivity index (χ1) is 13.4. The van der Waals surface area contributed by atoms with Crippen molar-refractivity contribution < 1.29 is 33.0 Å². The largest absolute Gasteiger partial charge is 0.396 e. The number of aliphatic hydroxyl groups is 2. The Labute approximate surface area is 170 Å². The van der Waals surface area contributed by atoms with Gasteiger partial charge in [0, 0.05) is 31.2 Å². The van der Waals surface area contributed by atoms with E-state index in [4.69, 9.17) is 5.11 Å². The number of benzene rings is 1. The number of carbonyl (C=O) groups excluding carboxylic acids is 3. The molecule has 0 aromatic heterocycles. The standard InChI is InChI=1S/C19H28N2O7S/c1-19(2,12-22)16(24)18(26)21-11-9-15(23)17(25)20-10-8-13-4-6-14(7-5-13)29(3,27)28/h4-7,16,22,24H,8-12H2,1-3H3,(H,20,25)(H,21,26)/t16-/m0/s1. The Hall–Kier alpha value is -2.30. The number of aliphatic hydroxyl groups excluding tert-OH is 2. The van der Waals surface area contributed by atoms with Gasteiger partial charge in [-0.25, -0.2) is 8.42 Å². The first-order valence-corrected chi connectivity index (χ1v) is 10.9. The number of hydrogen-bond acceptors (Lipinski definition) is 7. The Kier molecular flexibility index (Phi) is 8.93. The van der Waals surface area contributed by atoms with Crippen molar-refractivity contribution in [3.63, 3.8) is 0 Å². The van der Waals surface area contributed by atoms with Gasteiger partial charge in [-0.2, -0.15) is 0 Å². The third kappa shape index (κ3) is 7.92. The summed E-state index contributed by atoms with van der Waals surface area (Å²) in [4.78, 5) is 35.6. The highest BCUT2D eigenvalue weighted by molar-refractivity contribution is 7.90. The second-order valence-corrected chi connectivity index (χ2v) is 9.45. The summed E-state index contributed by atoms with van der Waals surface area (Å²) in [5.41, 5.74) is -0.219. The van der Waals surface area contributed by atoms with Gasteiger partial charge < -0.3 is 20.8 Å². The van der Waals surface area contributed by atoms with Crippen LogP contribution in [0.15, 0.2) is 29.2 Å². The van der Waals surface area contributed by atoms with Crippen LogP contribution < -0.4 is 10.6 Å². The fraction of sp³-hybridized carbons (Fsp3) is 0.526. The van der Waals surface area contributed by atoms with Gasteiger partial charge in [-0.05, 0) is 24.1 Å². The van der Waals surface area contributed by atoms with Crippen molar-refractivity contribution in [2.75, 3.05) is 26.0 Å². The van der Waals surface area contributed by atoms with Crippen molar-refractivity contribution in [1.29, 1.82) is 0 Å². The Morgan fingerprint density at radius 2 is 1.66 bits per heavy atom. The fourth-order valence-electron chi connectivity index (χ4n) is 2.27. The minimum Gasteiger partial charge on any atom is -0.396 e. The van der Waals surface area contributed by atoms with E-state index in [1.165, 1.54) is 26.0 Å². The number of Topliss-reactive ketones (excluding diaryl/α,β-unsaturated/α-hetero) is 1. The van der Waals surface area contributed by atoms with Gasteiger partial charge in [0.15, 0.2) is 9.84 Å². The number of amides is 2. The maximum Gasteiger partial charge on any atom is 0.287 e. The zero-order chi connectivity index (χ0) is 22.2. The van der Waals surface area contributed by atoms with E-state index in [2.05, 4.69) is 10.6 Å². The summed E-state index contributed by atoms with van der Waals surface area (Å²) >= 11 is 0. The quantitative estimate of drug-likeness (QED) is 0.337. The van der Waals surface area contributed by atoms with Crippen molar-refractivity contribution in [3.8, 4) is 0 Å². The fourth-order valence-corrected chi connectivity index (χ4v) is 2.90. The first kappa shape index (κ1) is 24.7. The molecule has 0 radical (unpaired) electrons. The maximum atomic E-state index is 11.8. The summed E-state index contributed by atoms with van der Waals surface area (Å²) < 4.78 is 22.8. The lowest BCUT2D eigenvalue weighted by Crippen LogP contribution is -2.46. The zero-order valence-electron chi connectivity index (χ0n) is 16.8. The summed E-state index contributed by atoms with van der Waals surface area (Å²) in [5.74, 6) is -2.23. The Bertz CT molecular complexity index is 833. The highest BCUT2D eigenvalue weighted by atomic mass is 32.2. The average molecular weight is 429 g/mol. The number of ketones is 1. The first-order valence-electron chi connectivity index (χ1n) is 9.05. The molecule has 162 valence electrons. The zero-order valence-corrected chi connectivity index (χ0v) is 17.6. The van der Waals surface area contributed by atoms with Gasteiger partial charge in [0.2, 0.25) is 11.7 Å². The van der Waals surface area contributed by atoms with Crippen LogP contribution in [0.1, 0.15) is 25.8 Å². The van der Waals surface area contributed by atoms with Gasteiger partial charge in [-0.1, -0.05) is 26.0 Å². The number of rotatable bonds is 11. The van der Waals surface area contributed by atoms with E-state index in [1.807, 2.05) is 0 Å². The molecule has 9 nitrogen and oxygen atoms in total. The summed E-state index contributed by atoms with van der Waals surface area (Å²) in [6, 6.07) is 6.23. The van der Waals surface area contributed by atoms with Crippen molar-refractivity contribution >= 4 is 27.4 Å². The molecule has 0 saturated heterocycles. The minimum absolute atomic E-state index is 0.114. The Morgan fingerprint density at radius 3 is 2.17 bits per heavy atom. The molecular weight excluding hydrogens is 400 g/mol. The molecule has 0 bridgehead atoms. The van der Waals surface area contributed by atoms with Crippen molar-refractivity contribution in [2.24, 2.45) is 5.41 Å². The van der Waals surface area contributed by atoms with E-state index in [-0.39, 0.29) is 31.0 Å². The number of nitrogens with one attached hydrogen (secondary N) is 2. The van der Waals surface area contributed by atoms with Crippen LogP contribution >= 0.6 is 0 Å². The molecule has 0 heterocycles. The predicted molar refractivity (Wildman–Crippen MR) is 106 cm³/mol. The molecule has 0 aliphatic carbocycles. The van der Waals surface area contributed by atoms with Crippen LogP contribution in [0.25, 0.3) is 0 Å². The summed E-state index contributed by atoms with van der Waals surface area (Å²) in [6.07, 6.45) is -0.134. The van der Waals surface area contributed by atoms with E-state index in [0.29, 0.717) is 6.42 Å². The van der Waals surface area contributed by atoms with Crippen molar-refractivity contribution in [2.45, 2.75) is 37.7 Å². The molecule has 29 heavy (non-hydrogen) atoms. The lowest BCUT2D eigenvalue weighted by atomic mass is 9.87. The molecule has 2 amide bonds. The normalized spacial score (nSPS) is 12.9. The number of carbonyl (C=O) groups is 3. The lowest BCUT2D eigenvalue weighted by Gasteiger charge is -2.27. The van der Waals surface area contributed by atoms with Gasteiger partial charge >= 0.3 is 0 Å². The Morgan fingerprint density at radius 1 is 1.07 bits per heavy atom. The van der Waals surface area contributed by atoms with E-state index >= 15 is 0 Å². The van der Waals surface area contributed by atoms with Crippen molar-refractivity contribution in [1.82, 2.24) is 10.6 Å². The van der Waals surface area contributed by atoms with Crippen molar-refractivity contribution in [3.05, 3.63) is 29.8 Å². The average Bonchev–Trinajstić information content (AvgIpc) is 2.66. The monoisotopic (exact) mass is 428 g/mol. The van der Waals surface area contributed by atoms with Crippen LogP contribution in [0.2, 0.25) is 0 Å². The third-order valence-corrected chi connectivity index (χ3v) is 5.48. The number of sulfone groups is 1. The SMILES string of the molecule is CC(C)(CO)[C@@H](O)C(=O)NCCC(=O)C(=O)NCCc1ccc(S(C)(=O)=O)cc1. The van der Waals surface area contributed by atoms with E-state index in [9.17, 15) is 27.9 Å². The molecule has 4 N–H and O–H groups in total. The third-order valence-electron chi connectivity index (χ3n) is 4.35. The van der Waals surface area contributed by atoms with Gasteiger partial charge in [0.1, 0.15) is 6.10 Å². The topological polar surface area (TPSA) is 150 Å². The molecule has 0 unspecified atom stereocenters. The lowest BCUT2D eigenvalue weighted by molar-refractivity contribution is -0.139. The Balaban J connectivity index is 2.36. The maximum absolute atomic E-state index is 11.8. The molecule has 0 saturated carbocycles.